The lowest BCUT2D eigenvalue weighted by molar-refractivity contribution is -0.148. The third kappa shape index (κ3) is 2.57. The summed E-state index contributed by atoms with van der Waals surface area (Å²) >= 11 is 3.23. The molecule has 20 heavy (non-hydrogen) atoms. The molecule has 0 radical (unpaired) electrons. The largest absolute Gasteiger partial charge is 0.479 e. The van der Waals surface area contributed by atoms with Crippen LogP contribution in [0, 0.1) is 0 Å². The molecule has 2 heterocycles. The lowest BCUT2D eigenvalue weighted by Gasteiger charge is -2.34. The zero-order chi connectivity index (χ0) is 14.8. The molecule has 1 aromatic rings. The smallest absolute Gasteiger partial charge is 0.329 e. The van der Waals surface area contributed by atoms with Crippen LogP contribution in [0.15, 0.2) is 22.8 Å². The van der Waals surface area contributed by atoms with Crippen LogP contribution in [-0.4, -0.2) is 39.0 Å². The molecule has 1 fully saturated rings. The van der Waals surface area contributed by atoms with Crippen LogP contribution in [0.2, 0.25) is 0 Å². The van der Waals surface area contributed by atoms with Gasteiger partial charge in [0, 0.05) is 6.54 Å². The van der Waals surface area contributed by atoms with E-state index < -0.39 is 11.5 Å². The number of hydrogen-bond donors (Lipinski definition) is 1. The standard InChI is InChI=1S/C14H17BrN2O3/c1-2-7-14(13(19)20)8-4-9-17(14)12(18)10-5-3-6-11(15)16-10/h3,5-6H,2,4,7-9H2,1H3,(H,19,20). The summed E-state index contributed by atoms with van der Waals surface area (Å²) in [6, 6.07) is 5.07. The molecule has 0 saturated carbocycles. The number of carbonyl (C=O) groups excluding carboxylic acids is 1. The number of likely N-dealkylation sites (tertiary alicyclic amines) is 1. The van der Waals surface area contributed by atoms with Crippen LogP contribution >= 0.6 is 15.9 Å². The predicted octanol–water partition coefficient (Wildman–Crippen LogP) is 2.70. The molecule has 108 valence electrons. The van der Waals surface area contributed by atoms with E-state index in [2.05, 4.69) is 20.9 Å². The van der Waals surface area contributed by atoms with E-state index in [1.807, 2.05) is 6.92 Å². The second kappa shape index (κ2) is 5.91. The fraction of sp³-hybridized carbons (Fsp3) is 0.500. The van der Waals surface area contributed by atoms with Crippen molar-refractivity contribution in [1.82, 2.24) is 9.88 Å². The first-order chi connectivity index (χ1) is 9.51. The number of amides is 1. The number of halogens is 1. The molecule has 0 aliphatic carbocycles. The predicted molar refractivity (Wildman–Crippen MR) is 77.5 cm³/mol. The van der Waals surface area contributed by atoms with E-state index in [0.29, 0.717) is 30.4 Å². The number of carboxylic acid groups (broad SMARTS) is 1. The first kappa shape index (κ1) is 15.0. The summed E-state index contributed by atoms with van der Waals surface area (Å²) in [6.45, 7) is 2.41. The number of rotatable bonds is 4. The Hall–Kier alpha value is -1.43. The topological polar surface area (TPSA) is 70.5 Å². The summed E-state index contributed by atoms with van der Waals surface area (Å²) in [7, 11) is 0. The first-order valence-electron chi connectivity index (χ1n) is 6.69. The normalized spacial score (nSPS) is 22.0. The van der Waals surface area contributed by atoms with Crippen molar-refractivity contribution in [2.75, 3.05) is 6.54 Å². The molecule has 1 saturated heterocycles. The van der Waals surface area contributed by atoms with E-state index >= 15 is 0 Å². The van der Waals surface area contributed by atoms with Gasteiger partial charge in [-0.2, -0.15) is 0 Å². The van der Waals surface area contributed by atoms with E-state index in [1.54, 1.807) is 18.2 Å². The summed E-state index contributed by atoms with van der Waals surface area (Å²) in [5.41, 5.74) is -0.793. The van der Waals surface area contributed by atoms with Crippen molar-refractivity contribution in [3.8, 4) is 0 Å². The van der Waals surface area contributed by atoms with Gasteiger partial charge in [-0.05, 0) is 47.3 Å². The van der Waals surface area contributed by atoms with E-state index in [-0.39, 0.29) is 11.6 Å². The highest BCUT2D eigenvalue weighted by atomic mass is 79.9. The molecular weight excluding hydrogens is 324 g/mol. The maximum atomic E-state index is 12.6. The van der Waals surface area contributed by atoms with E-state index in [0.717, 1.165) is 6.42 Å². The van der Waals surface area contributed by atoms with E-state index in [1.165, 1.54) is 4.90 Å². The van der Waals surface area contributed by atoms with Crippen molar-refractivity contribution in [3.05, 3.63) is 28.5 Å². The van der Waals surface area contributed by atoms with Crippen molar-refractivity contribution in [3.63, 3.8) is 0 Å². The number of aliphatic carboxylic acids is 1. The van der Waals surface area contributed by atoms with Gasteiger partial charge >= 0.3 is 5.97 Å². The van der Waals surface area contributed by atoms with Crippen molar-refractivity contribution in [1.29, 1.82) is 0 Å². The molecule has 0 aromatic carbocycles. The van der Waals surface area contributed by atoms with Gasteiger partial charge in [0.2, 0.25) is 0 Å². The van der Waals surface area contributed by atoms with E-state index in [9.17, 15) is 14.7 Å². The molecule has 5 nitrogen and oxygen atoms in total. The highest BCUT2D eigenvalue weighted by Crippen LogP contribution is 2.35. The molecule has 1 aliphatic rings. The summed E-state index contributed by atoms with van der Waals surface area (Å²) in [5.74, 6) is -1.22. The number of aromatic nitrogens is 1. The van der Waals surface area contributed by atoms with Crippen LogP contribution in [0.5, 0.6) is 0 Å². The van der Waals surface area contributed by atoms with Crippen LogP contribution in [0.3, 0.4) is 0 Å². The monoisotopic (exact) mass is 340 g/mol. The lowest BCUT2D eigenvalue weighted by atomic mass is 9.90. The minimum Gasteiger partial charge on any atom is -0.479 e. The molecule has 1 aliphatic heterocycles. The molecule has 6 heteroatoms. The maximum absolute atomic E-state index is 12.6. The zero-order valence-corrected chi connectivity index (χ0v) is 12.9. The molecule has 0 bridgehead atoms. The van der Waals surface area contributed by atoms with Crippen LogP contribution in [-0.2, 0) is 4.79 Å². The van der Waals surface area contributed by atoms with Gasteiger partial charge in [0.25, 0.3) is 5.91 Å². The molecular formula is C14H17BrN2O3. The third-order valence-corrected chi connectivity index (χ3v) is 4.17. The Kier molecular flexibility index (Phi) is 4.42. The van der Waals surface area contributed by atoms with Crippen LogP contribution in [0.4, 0.5) is 0 Å². The molecule has 1 N–H and O–H groups in total. The Labute approximate surface area is 126 Å². The Morgan fingerprint density at radius 3 is 2.85 bits per heavy atom. The molecule has 0 spiro atoms. The second-order valence-electron chi connectivity index (χ2n) is 4.99. The van der Waals surface area contributed by atoms with Crippen LogP contribution in [0.1, 0.15) is 43.1 Å². The van der Waals surface area contributed by atoms with Gasteiger partial charge in [0.05, 0.1) is 0 Å². The average Bonchev–Trinajstić information content (AvgIpc) is 2.83. The van der Waals surface area contributed by atoms with Gasteiger partial charge in [0.1, 0.15) is 15.8 Å². The highest BCUT2D eigenvalue weighted by molar-refractivity contribution is 9.10. The fourth-order valence-electron chi connectivity index (χ4n) is 2.84. The SMILES string of the molecule is CCCC1(C(=O)O)CCCN1C(=O)c1cccc(Br)n1. The number of carbonyl (C=O) groups is 2. The average molecular weight is 341 g/mol. The molecule has 1 aromatic heterocycles. The van der Waals surface area contributed by atoms with Gasteiger partial charge in [0.15, 0.2) is 0 Å². The van der Waals surface area contributed by atoms with Gasteiger partial charge in [-0.25, -0.2) is 9.78 Å². The number of carboxylic acids is 1. The molecule has 2 rings (SSSR count). The van der Waals surface area contributed by atoms with Crippen molar-refractivity contribution < 1.29 is 14.7 Å². The van der Waals surface area contributed by atoms with Crippen LogP contribution < -0.4 is 0 Å². The third-order valence-electron chi connectivity index (χ3n) is 3.73. The van der Waals surface area contributed by atoms with Crippen molar-refractivity contribution in [2.45, 2.75) is 38.1 Å². The van der Waals surface area contributed by atoms with Gasteiger partial charge in [-0.15, -0.1) is 0 Å². The Morgan fingerprint density at radius 2 is 2.25 bits per heavy atom. The van der Waals surface area contributed by atoms with Crippen LogP contribution in [0.25, 0.3) is 0 Å². The second-order valence-corrected chi connectivity index (χ2v) is 5.81. The lowest BCUT2D eigenvalue weighted by Crippen LogP contribution is -2.53. The summed E-state index contributed by atoms with van der Waals surface area (Å²) in [6.07, 6.45) is 2.42. The number of hydrogen-bond acceptors (Lipinski definition) is 3. The Bertz CT molecular complexity index is 535. The summed E-state index contributed by atoms with van der Waals surface area (Å²) < 4.78 is 0.568. The first-order valence-corrected chi connectivity index (χ1v) is 7.48. The van der Waals surface area contributed by atoms with Crippen molar-refractivity contribution in [2.24, 2.45) is 0 Å². The fourth-order valence-corrected chi connectivity index (χ4v) is 3.19. The minimum atomic E-state index is -1.07. The molecule has 1 amide bonds. The van der Waals surface area contributed by atoms with Gasteiger partial charge in [-0.1, -0.05) is 19.4 Å². The Balaban J connectivity index is 2.34. The van der Waals surface area contributed by atoms with E-state index in [4.69, 9.17) is 0 Å². The Morgan fingerprint density at radius 1 is 1.50 bits per heavy atom. The number of pyridine rings is 1. The maximum Gasteiger partial charge on any atom is 0.329 e. The molecule has 1 unspecified atom stereocenters. The molecule has 1 atom stereocenters. The zero-order valence-electron chi connectivity index (χ0n) is 11.3. The quantitative estimate of drug-likeness (QED) is 0.855. The summed E-state index contributed by atoms with van der Waals surface area (Å²) in [4.78, 5) is 29.9. The van der Waals surface area contributed by atoms with Crippen molar-refractivity contribution >= 4 is 27.8 Å². The van der Waals surface area contributed by atoms with Gasteiger partial charge < -0.3 is 10.0 Å². The summed E-state index contributed by atoms with van der Waals surface area (Å²) in [5, 5.41) is 9.59. The minimum absolute atomic E-state index is 0.281. The van der Waals surface area contributed by atoms with Gasteiger partial charge in [-0.3, -0.25) is 4.79 Å². The highest BCUT2D eigenvalue weighted by Gasteiger charge is 2.49. The number of nitrogens with zero attached hydrogens (tertiary/aromatic N) is 2.